The molecule has 0 spiro atoms. The highest BCUT2D eigenvalue weighted by Gasteiger charge is 2.39. The minimum absolute atomic E-state index is 0.158. The second kappa shape index (κ2) is 4.06. The van der Waals surface area contributed by atoms with E-state index in [-0.39, 0.29) is 5.41 Å². The van der Waals surface area contributed by atoms with Gasteiger partial charge in [-0.1, -0.05) is 6.92 Å². The Bertz CT molecular complexity index is 166. The molecule has 4 nitrogen and oxygen atoms in total. The minimum Gasteiger partial charge on any atom is -0.380 e. The van der Waals surface area contributed by atoms with Crippen LogP contribution in [0.15, 0.2) is 0 Å². The van der Waals surface area contributed by atoms with Gasteiger partial charge in [0.15, 0.2) is 0 Å². The molecule has 1 aliphatic rings. The van der Waals surface area contributed by atoms with Crippen molar-refractivity contribution in [2.45, 2.75) is 13.5 Å². The fraction of sp³-hybridized carbons (Fsp3) is 1.00. The smallest absolute Gasteiger partial charge is 0.380 e. The molecular formula is C8H18O4Si. The van der Waals surface area contributed by atoms with Crippen LogP contribution in [0.5, 0.6) is 0 Å². The molecule has 13 heavy (non-hydrogen) atoms. The van der Waals surface area contributed by atoms with E-state index in [2.05, 4.69) is 6.92 Å². The van der Waals surface area contributed by atoms with Crippen LogP contribution in [0.2, 0.25) is 6.55 Å². The van der Waals surface area contributed by atoms with Crippen molar-refractivity contribution in [2.24, 2.45) is 5.41 Å². The Hall–Kier alpha value is 0.0569. The van der Waals surface area contributed by atoms with E-state index in [0.717, 1.165) is 13.2 Å². The Kier molecular flexibility index (Phi) is 3.48. The Labute approximate surface area is 80.5 Å². The van der Waals surface area contributed by atoms with E-state index < -0.39 is 8.80 Å². The van der Waals surface area contributed by atoms with Gasteiger partial charge in [0.05, 0.1) is 13.2 Å². The summed E-state index contributed by atoms with van der Waals surface area (Å²) in [6.45, 7) is 6.21. The van der Waals surface area contributed by atoms with Crippen LogP contribution in [-0.2, 0) is 18.0 Å². The van der Waals surface area contributed by atoms with Gasteiger partial charge in [-0.05, 0) is 0 Å². The van der Waals surface area contributed by atoms with E-state index in [1.54, 1.807) is 14.2 Å². The highest BCUT2D eigenvalue weighted by molar-refractivity contribution is 6.59. The molecule has 0 unspecified atom stereocenters. The van der Waals surface area contributed by atoms with Gasteiger partial charge < -0.3 is 18.0 Å². The van der Waals surface area contributed by atoms with Crippen molar-refractivity contribution in [1.29, 1.82) is 0 Å². The zero-order valence-corrected chi connectivity index (χ0v) is 9.75. The van der Waals surface area contributed by atoms with Gasteiger partial charge in [-0.25, -0.2) is 0 Å². The summed E-state index contributed by atoms with van der Waals surface area (Å²) in [6, 6.07) is 0. The topological polar surface area (TPSA) is 36.9 Å². The van der Waals surface area contributed by atoms with Crippen LogP contribution < -0.4 is 0 Å². The number of rotatable bonds is 5. The molecule has 1 heterocycles. The summed E-state index contributed by atoms with van der Waals surface area (Å²) in [5.74, 6) is 0. The predicted octanol–water partition coefficient (Wildman–Crippen LogP) is 0.901. The van der Waals surface area contributed by atoms with Crippen LogP contribution >= 0.6 is 0 Å². The zero-order chi connectivity index (χ0) is 9.95. The maximum absolute atomic E-state index is 5.65. The van der Waals surface area contributed by atoms with E-state index >= 15 is 0 Å². The monoisotopic (exact) mass is 206 g/mol. The van der Waals surface area contributed by atoms with Crippen molar-refractivity contribution in [3.05, 3.63) is 0 Å². The van der Waals surface area contributed by atoms with Crippen molar-refractivity contribution < 1.29 is 18.0 Å². The zero-order valence-electron chi connectivity index (χ0n) is 8.75. The van der Waals surface area contributed by atoms with Gasteiger partial charge in [-0.2, -0.15) is 0 Å². The number of ether oxygens (including phenoxy) is 1. The van der Waals surface area contributed by atoms with Gasteiger partial charge in [0, 0.05) is 32.8 Å². The lowest BCUT2D eigenvalue weighted by Crippen LogP contribution is -2.49. The highest BCUT2D eigenvalue weighted by atomic mass is 28.4. The molecule has 0 amide bonds. The van der Waals surface area contributed by atoms with Crippen molar-refractivity contribution in [1.82, 2.24) is 0 Å². The van der Waals surface area contributed by atoms with Crippen molar-refractivity contribution in [3.63, 3.8) is 0 Å². The molecule has 0 radical (unpaired) electrons. The molecule has 0 aromatic carbocycles. The fourth-order valence-corrected chi connectivity index (χ4v) is 2.05. The van der Waals surface area contributed by atoms with Crippen LogP contribution in [0.4, 0.5) is 0 Å². The third-order valence-electron chi connectivity index (χ3n) is 2.33. The first kappa shape index (κ1) is 11.1. The summed E-state index contributed by atoms with van der Waals surface area (Å²) in [6.07, 6.45) is 0. The summed E-state index contributed by atoms with van der Waals surface area (Å²) < 4.78 is 21.2. The van der Waals surface area contributed by atoms with Crippen LogP contribution in [0.25, 0.3) is 0 Å². The Morgan fingerprint density at radius 1 is 1.31 bits per heavy atom. The van der Waals surface area contributed by atoms with Gasteiger partial charge in [-0.3, -0.25) is 0 Å². The highest BCUT2D eigenvalue weighted by Crippen LogP contribution is 2.27. The maximum Gasteiger partial charge on any atom is 0.497 e. The van der Waals surface area contributed by atoms with Gasteiger partial charge in [0.25, 0.3) is 0 Å². The van der Waals surface area contributed by atoms with Crippen LogP contribution in [0.1, 0.15) is 6.92 Å². The molecule has 1 aliphatic heterocycles. The first-order valence-electron chi connectivity index (χ1n) is 4.36. The lowest BCUT2D eigenvalue weighted by atomic mass is 9.90. The second-order valence-electron chi connectivity index (χ2n) is 3.86. The minimum atomic E-state index is -2.35. The largest absolute Gasteiger partial charge is 0.497 e. The lowest BCUT2D eigenvalue weighted by Gasteiger charge is -2.39. The summed E-state index contributed by atoms with van der Waals surface area (Å²) in [7, 11) is 0.896. The van der Waals surface area contributed by atoms with Gasteiger partial charge in [0.1, 0.15) is 0 Å². The molecule has 0 bridgehead atoms. The van der Waals surface area contributed by atoms with Crippen LogP contribution in [0, 0.1) is 5.41 Å². The van der Waals surface area contributed by atoms with Gasteiger partial charge in [-0.15, -0.1) is 0 Å². The standard InChI is InChI=1S/C8H18O4Si/c1-8(5-11-6-8)7-12-13(4,9-2)10-3/h5-7H2,1-4H3. The summed E-state index contributed by atoms with van der Waals surface area (Å²) in [5.41, 5.74) is 0.158. The van der Waals surface area contributed by atoms with Crippen molar-refractivity contribution in [2.75, 3.05) is 34.0 Å². The molecule has 78 valence electrons. The summed E-state index contributed by atoms with van der Waals surface area (Å²) in [5, 5.41) is 0. The van der Waals surface area contributed by atoms with Crippen molar-refractivity contribution in [3.8, 4) is 0 Å². The molecule has 1 fully saturated rings. The van der Waals surface area contributed by atoms with E-state index in [9.17, 15) is 0 Å². The molecule has 1 rings (SSSR count). The summed E-state index contributed by atoms with van der Waals surface area (Å²) in [4.78, 5) is 0. The Morgan fingerprint density at radius 2 is 1.85 bits per heavy atom. The molecule has 0 N–H and O–H groups in total. The van der Waals surface area contributed by atoms with E-state index in [1.807, 2.05) is 6.55 Å². The van der Waals surface area contributed by atoms with E-state index in [4.69, 9.17) is 18.0 Å². The molecular weight excluding hydrogens is 188 g/mol. The van der Waals surface area contributed by atoms with Crippen LogP contribution in [0.3, 0.4) is 0 Å². The third kappa shape index (κ3) is 2.75. The maximum atomic E-state index is 5.65. The SMILES string of the molecule is CO[Si](C)(OC)OCC1(C)COC1. The Balaban J connectivity index is 2.31. The molecule has 0 saturated carbocycles. The van der Waals surface area contributed by atoms with Crippen molar-refractivity contribution >= 4 is 8.80 Å². The van der Waals surface area contributed by atoms with E-state index in [1.165, 1.54) is 0 Å². The van der Waals surface area contributed by atoms with Crippen LogP contribution in [-0.4, -0.2) is 42.8 Å². The fourth-order valence-electron chi connectivity index (χ4n) is 1.04. The molecule has 0 atom stereocenters. The average molecular weight is 206 g/mol. The average Bonchev–Trinajstić information content (AvgIpc) is 2.11. The molecule has 1 saturated heterocycles. The second-order valence-corrected chi connectivity index (χ2v) is 6.69. The first-order valence-corrected chi connectivity index (χ1v) is 6.58. The Morgan fingerprint density at radius 3 is 2.15 bits per heavy atom. The van der Waals surface area contributed by atoms with E-state index in [0.29, 0.717) is 6.61 Å². The molecule has 0 aromatic heterocycles. The normalized spacial score (nSPS) is 21.2. The summed E-state index contributed by atoms with van der Waals surface area (Å²) >= 11 is 0. The predicted molar refractivity (Wildman–Crippen MR) is 50.5 cm³/mol. The lowest BCUT2D eigenvalue weighted by molar-refractivity contribution is -0.128. The third-order valence-corrected chi connectivity index (χ3v) is 4.48. The van der Waals surface area contributed by atoms with Gasteiger partial charge in [0.2, 0.25) is 0 Å². The first-order chi connectivity index (χ1) is 6.04. The quantitative estimate of drug-likeness (QED) is 0.626. The molecule has 5 heteroatoms. The number of hydrogen-bond acceptors (Lipinski definition) is 4. The number of hydrogen-bond donors (Lipinski definition) is 0. The van der Waals surface area contributed by atoms with Gasteiger partial charge >= 0.3 is 8.80 Å². The molecule has 0 aliphatic carbocycles. The molecule has 0 aromatic rings.